The summed E-state index contributed by atoms with van der Waals surface area (Å²) >= 11 is 0. The molecule has 0 radical (unpaired) electrons. The van der Waals surface area contributed by atoms with Crippen molar-refractivity contribution in [1.82, 2.24) is 15.2 Å². The van der Waals surface area contributed by atoms with Crippen LogP contribution in [0.2, 0.25) is 0 Å². The van der Waals surface area contributed by atoms with E-state index in [-0.39, 0.29) is 17.8 Å². The predicted molar refractivity (Wildman–Crippen MR) is 121 cm³/mol. The van der Waals surface area contributed by atoms with Crippen LogP contribution in [-0.2, 0) is 4.79 Å². The van der Waals surface area contributed by atoms with Gasteiger partial charge in [0.25, 0.3) is 11.8 Å². The van der Waals surface area contributed by atoms with Crippen LogP contribution in [0.1, 0.15) is 17.3 Å². The Bertz CT molecular complexity index is 1470. The van der Waals surface area contributed by atoms with Crippen LogP contribution < -0.4 is 10.6 Å². The van der Waals surface area contributed by atoms with Gasteiger partial charge in [0.1, 0.15) is 0 Å². The van der Waals surface area contributed by atoms with Crippen molar-refractivity contribution in [3.8, 4) is 22.9 Å². The van der Waals surface area contributed by atoms with Crippen LogP contribution in [0.4, 0.5) is 11.7 Å². The third-order valence-corrected chi connectivity index (χ3v) is 4.85. The van der Waals surface area contributed by atoms with Gasteiger partial charge in [-0.3, -0.25) is 14.9 Å². The third kappa shape index (κ3) is 4.07. The first kappa shape index (κ1) is 20.1. The van der Waals surface area contributed by atoms with Crippen LogP contribution >= 0.6 is 0 Å². The highest BCUT2D eigenvalue weighted by molar-refractivity contribution is 6.12. The molecule has 33 heavy (non-hydrogen) atoms. The summed E-state index contributed by atoms with van der Waals surface area (Å²) < 4.78 is 10.7. The Kier molecular flexibility index (Phi) is 5.12. The number of furan rings is 1. The average molecular weight is 439 g/mol. The molecule has 9 nitrogen and oxygen atoms in total. The molecule has 3 heterocycles. The number of para-hydroxylation sites is 2. The maximum atomic E-state index is 13.2. The normalized spacial score (nSPS) is 10.8. The fourth-order valence-electron chi connectivity index (χ4n) is 3.44. The maximum Gasteiger partial charge on any atom is 0.322 e. The van der Waals surface area contributed by atoms with Gasteiger partial charge in [0.05, 0.1) is 28.7 Å². The second-order valence-corrected chi connectivity index (χ2v) is 7.14. The number of aromatic nitrogens is 3. The quantitative estimate of drug-likeness (QED) is 0.405. The lowest BCUT2D eigenvalue weighted by molar-refractivity contribution is -0.114. The molecular formula is C24H17N5O4. The molecule has 2 N–H and O–H groups in total. The number of hydrogen-bond acceptors (Lipinski definition) is 7. The van der Waals surface area contributed by atoms with E-state index in [9.17, 15) is 9.59 Å². The first-order chi connectivity index (χ1) is 16.1. The van der Waals surface area contributed by atoms with E-state index in [0.29, 0.717) is 39.2 Å². The molecule has 0 fully saturated rings. The minimum absolute atomic E-state index is 0.0625. The number of carbonyl (C=O) groups is 2. The van der Waals surface area contributed by atoms with Crippen LogP contribution in [0.3, 0.4) is 0 Å². The molecule has 9 heteroatoms. The summed E-state index contributed by atoms with van der Waals surface area (Å²) in [5.41, 5.74) is 2.81. The number of carbonyl (C=O) groups excluding carboxylic acids is 2. The summed E-state index contributed by atoms with van der Waals surface area (Å²) in [5, 5.41) is 13.9. The van der Waals surface area contributed by atoms with Crippen LogP contribution in [0.25, 0.3) is 33.8 Å². The Balaban J connectivity index is 1.54. The van der Waals surface area contributed by atoms with E-state index < -0.39 is 5.91 Å². The summed E-state index contributed by atoms with van der Waals surface area (Å²) in [6.07, 6.45) is 1.49. The van der Waals surface area contributed by atoms with Crippen LogP contribution in [0, 0.1) is 0 Å². The van der Waals surface area contributed by atoms with Crippen molar-refractivity contribution in [2.24, 2.45) is 0 Å². The molecule has 0 saturated carbocycles. The molecule has 0 unspecified atom stereocenters. The lowest BCUT2D eigenvalue weighted by atomic mass is 10.0. The summed E-state index contributed by atoms with van der Waals surface area (Å²) in [5.74, 6) is -0.0968. The van der Waals surface area contributed by atoms with Crippen LogP contribution in [0.5, 0.6) is 0 Å². The van der Waals surface area contributed by atoms with Crippen molar-refractivity contribution in [2.45, 2.75) is 6.92 Å². The molecule has 2 amide bonds. The lowest BCUT2D eigenvalue weighted by Gasteiger charge is -2.12. The summed E-state index contributed by atoms with van der Waals surface area (Å²) in [6.45, 7) is 1.44. The molecule has 0 bridgehead atoms. The second kappa shape index (κ2) is 8.39. The van der Waals surface area contributed by atoms with Crippen molar-refractivity contribution in [2.75, 3.05) is 10.6 Å². The van der Waals surface area contributed by atoms with Crippen molar-refractivity contribution in [1.29, 1.82) is 0 Å². The summed E-state index contributed by atoms with van der Waals surface area (Å²) in [4.78, 5) is 29.6. The molecule has 0 spiro atoms. The molecule has 0 aliphatic heterocycles. The maximum absolute atomic E-state index is 13.2. The lowest BCUT2D eigenvalue weighted by Crippen LogP contribution is -2.13. The third-order valence-electron chi connectivity index (χ3n) is 4.85. The average Bonchev–Trinajstić information content (AvgIpc) is 3.50. The van der Waals surface area contributed by atoms with E-state index in [2.05, 4.69) is 20.8 Å². The molecule has 2 aromatic carbocycles. The van der Waals surface area contributed by atoms with Gasteiger partial charge in [0.2, 0.25) is 5.91 Å². The molecule has 0 saturated heterocycles. The highest BCUT2D eigenvalue weighted by Gasteiger charge is 2.19. The first-order valence-electron chi connectivity index (χ1n) is 10.0. The number of hydrogen-bond donors (Lipinski definition) is 2. The number of amides is 2. The number of fused-ring (bicyclic) bond motifs is 1. The minimum atomic E-state index is -0.443. The molecule has 3 aromatic heterocycles. The SMILES string of the molecule is CC(=O)Nc1ccccc1-c1cc(C(=O)Nc2nnc(-c3ccco3)o2)c2ccccc2n1. The first-order valence-corrected chi connectivity index (χ1v) is 10.0. The Morgan fingerprint density at radius 3 is 2.55 bits per heavy atom. The van der Waals surface area contributed by atoms with Gasteiger partial charge >= 0.3 is 6.01 Å². The van der Waals surface area contributed by atoms with E-state index in [1.165, 1.54) is 13.2 Å². The number of pyridine rings is 1. The predicted octanol–water partition coefficient (Wildman–Crippen LogP) is 4.76. The Labute approximate surface area is 187 Å². The van der Waals surface area contributed by atoms with Gasteiger partial charge in [-0.25, -0.2) is 4.98 Å². The fourth-order valence-corrected chi connectivity index (χ4v) is 3.44. The van der Waals surface area contributed by atoms with Crippen molar-refractivity contribution < 1.29 is 18.4 Å². The van der Waals surface area contributed by atoms with Gasteiger partial charge in [-0.15, -0.1) is 5.10 Å². The fraction of sp³-hybridized carbons (Fsp3) is 0.0417. The monoisotopic (exact) mass is 439 g/mol. The van der Waals surface area contributed by atoms with Crippen LogP contribution in [-0.4, -0.2) is 27.0 Å². The molecule has 5 aromatic rings. The van der Waals surface area contributed by atoms with E-state index in [4.69, 9.17) is 13.8 Å². The van der Waals surface area contributed by atoms with Gasteiger partial charge < -0.3 is 14.2 Å². The number of nitrogens with zero attached hydrogens (tertiary/aromatic N) is 3. The number of anilines is 2. The number of benzene rings is 2. The summed E-state index contributed by atoms with van der Waals surface area (Å²) in [7, 11) is 0. The highest BCUT2D eigenvalue weighted by Crippen LogP contribution is 2.30. The van der Waals surface area contributed by atoms with Gasteiger partial charge in [-0.2, -0.15) is 0 Å². The largest absolute Gasteiger partial charge is 0.459 e. The van der Waals surface area contributed by atoms with Crippen molar-refractivity contribution >= 4 is 34.4 Å². The molecule has 162 valence electrons. The van der Waals surface area contributed by atoms with E-state index >= 15 is 0 Å². The van der Waals surface area contributed by atoms with Crippen LogP contribution in [0.15, 0.2) is 81.8 Å². The van der Waals surface area contributed by atoms with Crippen molar-refractivity contribution in [3.63, 3.8) is 0 Å². The molecular weight excluding hydrogens is 422 g/mol. The topological polar surface area (TPSA) is 123 Å². The number of nitrogens with one attached hydrogen (secondary N) is 2. The Morgan fingerprint density at radius 1 is 0.909 bits per heavy atom. The minimum Gasteiger partial charge on any atom is -0.459 e. The van der Waals surface area contributed by atoms with E-state index in [1.54, 1.807) is 24.3 Å². The van der Waals surface area contributed by atoms with Gasteiger partial charge in [0, 0.05) is 17.9 Å². The van der Waals surface area contributed by atoms with Gasteiger partial charge in [0.15, 0.2) is 5.76 Å². The summed E-state index contributed by atoms with van der Waals surface area (Å²) in [6, 6.07) is 19.5. The van der Waals surface area contributed by atoms with Gasteiger partial charge in [-0.05, 0) is 30.3 Å². The zero-order valence-electron chi connectivity index (χ0n) is 17.4. The standard InChI is InChI=1S/C24H17N5O4/c1-14(30)25-19-10-5-3-8-16(19)20-13-17(15-7-2-4-9-18(15)26-20)22(31)27-24-29-28-23(33-24)21-11-6-12-32-21/h2-13H,1H3,(H,25,30)(H,27,29,31). The molecule has 5 rings (SSSR count). The second-order valence-electron chi connectivity index (χ2n) is 7.14. The number of rotatable bonds is 5. The smallest absolute Gasteiger partial charge is 0.322 e. The van der Waals surface area contributed by atoms with E-state index in [1.807, 2.05) is 42.5 Å². The van der Waals surface area contributed by atoms with Gasteiger partial charge in [-0.1, -0.05) is 41.5 Å². The highest BCUT2D eigenvalue weighted by atomic mass is 16.4. The zero-order chi connectivity index (χ0) is 22.8. The Hall–Kier alpha value is -4.79. The Morgan fingerprint density at radius 2 is 1.73 bits per heavy atom. The molecule has 0 aliphatic rings. The zero-order valence-corrected chi connectivity index (χ0v) is 17.4. The van der Waals surface area contributed by atoms with Crippen molar-refractivity contribution in [3.05, 3.63) is 78.6 Å². The van der Waals surface area contributed by atoms with E-state index in [0.717, 1.165) is 0 Å². The molecule has 0 aliphatic carbocycles. The molecule has 0 atom stereocenters.